The van der Waals surface area contributed by atoms with Crippen molar-refractivity contribution in [2.75, 3.05) is 13.1 Å². The van der Waals surface area contributed by atoms with Gasteiger partial charge in [0.05, 0.1) is 12.1 Å². The largest absolute Gasteiger partial charge is 0.472 e. The fourth-order valence-electron chi connectivity index (χ4n) is 2.56. The SMILES string of the molecule is Cc1ccc(O[C@@H]2CCN(C(=O)c3ccc(F)c(F)c3F)C2)nc1. The molecule has 1 aliphatic heterocycles. The van der Waals surface area contributed by atoms with Crippen molar-refractivity contribution in [1.82, 2.24) is 9.88 Å². The van der Waals surface area contributed by atoms with E-state index in [0.717, 1.165) is 17.7 Å². The number of halogens is 3. The van der Waals surface area contributed by atoms with Gasteiger partial charge in [0.1, 0.15) is 6.10 Å². The van der Waals surface area contributed by atoms with Crippen molar-refractivity contribution >= 4 is 5.91 Å². The van der Waals surface area contributed by atoms with Crippen molar-refractivity contribution < 1.29 is 22.7 Å². The number of amides is 1. The summed E-state index contributed by atoms with van der Waals surface area (Å²) in [7, 11) is 0. The van der Waals surface area contributed by atoms with Crippen molar-refractivity contribution in [1.29, 1.82) is 0 Å². The molecule has 0 saturated carbocycles. The number of nitrogens with zero attached hydrogens (tertiary/aromatic N) is 2. The lowest BCUT2D eigenvalue weighted by molar-refractivity contribution is 0.0765. The minimum atomic E-state index is -1.64. The average Bonchev–Trinajstić information content (AvgIpc) is 3.03. The summed E-state index contributed by atoms with van der Waals surface area (Å²) < 4.78 is 45.7. The Morgan fingerprint density at radius 1 is 1.21 bits per heavy atom. The van der Waals surface area contributed by atoms with Crippen LogP contribution in [0.4, 0.5) is 13.2 Å². The van der Waals surface area contributed by atoms with Gasteiger partial charge in [-0.3, -0.25) is 4.79 Å². The summed E-state index contributed by atoms with van der Waals surface area (Å²) in [6.07, 6.45) is 1.94. The van der Waals surface area contributed by atoms with Crippen LogP contribution in [-0.2, 0) is 0 Å². The number of aryl methyl sites for hydroxylation is 1. The molecule has 1 atom stereocenters. The number of ether oxygens (including phenoxy) is 1. The van der Waals surface area contributed by atoms with Gasteiger partial charge >= 0.3 is 0 Å². The molecule has 0 bridgehead atoms. The van der Waals surface area contributed by atoms with E-state index in [1.165, 1.54) is 4.90 Å². The second kappa shape index (κ2) is 6.51. The van der Waals surface area contributed by atoms with Crippen molar-refractivity contribution in [3.05, 3.63) is 59.0 Å². The number of pyridine rings is 1. The Hall–Kier alpha value is -2.57. The minimum Gasteiger partial charge on any atom is -0.472 e. The number of benzene rings is 1. The van der Waals surface area contributed by atoms with E-state index in [0.29, 0.717) is 18.8 Å². The van der Waals surface area contributed by atoms with Crippen LogP contribution in [0.1, 0.15) is 22.3 Å². The van der Waals surface area contributed by atoms with Gasteiger partial charge in [-0.15, -0.1) is 0 Å². The summed E-state index contributed by atoms with van der Waals surface area (Å²) in [6, 6.07) is 5.28. The molecule has 1 fully saturated rings. The van der Waals surface area contributed by atoms with Gasteiger partial charge in [0.2, 0.25) is 5.88 Å². The second-order valence-corrected chi connectivity index (χ2v) is 5.68. The topological polar surface area (TPSA) is 42.4 Å². The third-order valence-electron chi connectivity index (χ3n) is 3.87. The van der Waals surface area contributed by atoms with Crippen LogP contribution >= 0.6 is 0 Å². The van der Waals surface area contributed by atoms with Crippen molar-refractivity contribution in [2.24, 2.45) is 0 Å². The maximum absolute atomic E-state index is 13.7. The first kappa shape index (κ1) is 16.3. The molecule has 0 spiro atoms. The Morgan fingerprint density at radius 3 is 2.71 bits per heavy atom. The zero-order valence-electron chi connectivity index (χ0n) is 12.9. The highest BCUT2D eigenvalue weighted by molar-refractivity contribution is 5.94. The van der Waals surface area contributed by atoms with Gasteiger partial charge in [-0.1, -0.05) is 6.07 Å². The average molecular weight is 336 g/mol. The molecule has 7 heteroatoms. The molecular weight excluding hydrogens is 321 g/mol. The summed E-state index contributed by atoms with van der Waals surface area (Å²) in [5.74, 6) is -4.67. The lowest BCUT2D eigenvalue weighted by Gasteiger charge is -2.17. The molecular formula is C17H15F3N2O2. The minimum absolute atomic E-state index is 0.229. The maximum Gasteiger partial charge on any atom is 0.257 e. The summed E-state index contributed by atoms with van der Waals surface area (Å²) in [6.45, 7) is 2.48. The molecule has 1 amide bonds. The van der Waals surface area contributed by atoms with Crippen LogP contribution in [0.15, 0.2) is 30.5 Å². The van der Waals surface area contributed by atoms with E-state index >= 15 is 0 Å². The van der Waals surface area contributed by atoms with Crippen LogP contribution in [0.25, 0.3) is 0 Å². The molecule has 2 heterocycles. The first-order chi connectivity index (χ1) is 11.5. The van der Waals surface area contributed by atoms with Crippen LogP contribution < -0.4 is 4.74 Å². The number of carbonyl (C=O) groups excluding carboxylic acids is 1. The zero-order valence-corrected chi connectivity index (χ0v) is 12.9. The van der Waals surface area contributed by atoms with Gasteiger partial charge in [0.15, 0.2) is 17.5 Å². The molecule has 0 radical (unpaired) electrons. The van der Waals surface area contributed by atoms with Gasteiger partial charge in [0, 0.05) is 25.2 Å². The summed E-state index contributed by atoms with van der Waals surface area (Å²) >= 11 is 0. The highest BCUT2D eigenvalue weighted by Gasteiger charge is 2.31. The first-order valence-corrected chi connectivity index (χ1v) is 7.48. The van der Waals surface area contributed by atoms with Gasteiger partial charge in [-0.05, 0) is 24.6 Å². The van der Waals surface area contributed by atoms with E-state index < -0.39 is 28.9 Å². The number of aromatic nitrogens is 1. The fraction of sp³-hybridized carbons (Fsp3) is 0.294. The molecule has 3 rings (SSSR count). The van der Waals surface area contributed by atoms with Gasteiger partial charge in [-0.2, -0.15) is 0 Å². The standard InChI is InChI=1S/C17H15F3N2O2/c1-10-2-5-14(21-8-10)24-11-6-7-22(9-11)17(23)12-3-4-13(18)16(20)15(12)19/h2-5,8,11H,6-7,9H2,1H3/t11-/m1/s1. The van der Waals surface area contributed by atoms with Crippen LogP contribution in [0.2, 0.25) is 0 Å². The summed E-state index contributed by atoms with van der Waals surface area (Å²) in [5.41, 5.74) is 0.516. The molecule has 0 N–H and O–H groups in total. The van der Waals surface area contributed by atoms with Crippen molar-refractivity contribution in [3.63, 3.8) is 0 Å². The van der Waals surface area contributed by atoms with E-state index in [2.05, 4.69) is 4.98 Å². The molecule has 1 aromatic carbocycles. The molecule has 1 aliphatic rings. The molecule has 1 aromatic heterocycles. The smallest absolute Gasteiger partial charge is 0.257 e. The van der Waals surface area contributed by atoms with Gasteiger partial charge in [-0.25, -0.2) is 18.2 Å². The van der Waals surface area contributed by atoms with E-state index in [1.807, 2.05) is 13.0 Å². The third kappa shape index (κ3) is 3.20. The Morgan fingerprint density at radius 2 is 2.00 bits per heavy atom. The van der Waals surface area contributed by atoms with Crippen LogP contribution in [0.5, 0.6) is 5.88 Å². The quantitative estimate of drug-likeness (QED) is 0.809. The van der Waals surface area contributed by atoms with E-state index in [1.54, 1.807) is 12.3 Å². The Labute approximate surface area is 136 Å². The maximum atomic E-state index is 13.7. The molecule has 2 aromatic rings. The van der Waals surface area contributed by atoms with Crippen LogP contribution in [-0.4, -0.2) is 35.0 Å². The lowest BCUT2D eigenvalue weighted by Crippen LogP contribution is -2.31. The lowest BCUT2D eigenvalue weighted by atomic mass is 10.1. The normalized spacial score (nSPS) is 17.2. The predicted octanol–water partition coefficient (Wildman–Crippen LogP) is 3.10. The monoisotopic (exact) mass is 336 g/mol. The highest BCUT2D eigenvalue weighted by atomic mass is 19.2. The molecule has 4 nitrogen and oxygen atoms in total. The van der Waals surface area contributed by atoms with Crippen LogP contribution in [0.3, 0.4) is 0 Å². The van der Waals surface area contributed by atoms with Crippen molar-refractivity contribution in [3.8, 4) is 5.88 Å². The van der Waals surface area contributed by atoms with E-state index in [4.69, 9.17) is 4.74 Å². The first-order valence-electron chi connectivity index (χ1n) is 7.48. The number of rotatable bonds is 3. The number of likely N-dealkylation sites (tertiary alicyclic amines) is 1. The van der Waals surface area contributed by atoms with Gasteiger partial charge < -0.3 is 9.64 Å². The molecule has 24 heavy (non-hydrogen) atoms. The molecule has 0 aliphatic carbocycles. The third-order valence-corrected chi connectivity index (χ3v) is 3.87. The van der Waals surface area contributed by atoms with Gasteiger partial charge in [0.25, 0.3) is 5.91 Å². The number of hydrogen-bond donors (Lipinski definition) is 0. The second-order valence-electron chi connectivity index (χ2n) is 5.68. The highest BCUT2D eigenvalue weighted by Crippen LogP contribution is 2.21. The number of carbonyl (C=O) groups is 1. The Kier molecular flexibility index (Phi) is 4.42. The summed E-state index contributed by atoms with van der Waals surface area (Å²) in [5, 5.41) is 0. The summed E-state index contributed by atoms with van der Waals surface area (Å²) in [4.78, 5) is 17.8. The Balaban J connectivity index is 1.68. The van der Waals surface area contributed by atoms with E-state index in [9.17, 15) is 18.0 Å². The Bertz CT molecular complexity index is 765. The van der Waals surface area contributed by atoms with E-state index in [-0.39, 0.29) is 12.6 Å². The molecule has 126 valence electrons. The zero-order chi connectivity index (χ0) is 17.3. The fourth-order valence-corrected chi connectivity index (χ4v) is 2.56. The molecule has 0 unspecified atom stereocenters. The predicted molar refractivity (Wildman–Crippen MR) is 80.2 cm³/mol. The molecule has 1 saturated heterocycles. The van der Waals surface area contributed by atoms with Crippen molar-refractivity contribution in [2.45, 2.75) is 19.4 Å². The van der Waals surface area contributed by atoms with Crippen LogP contribution in [0, 0.1) is 24.4 Å². The number of hydrogen-bond acceptors (Lipinski definition) is 3.